The molecule has 0 radical (unpaired) electrons. The van der Waals surface area contributed by atoms with E-state index in [0.717, 1.165) is 7.05 Å². The summed E-state index contributed by atoms with van der Waals surface area (Å²) in [5.74, 6) is 0. The molecule has 0 spiro atoms. The van der Waals surface area contributed by atoms with Crippen molar-refractivity contribution in [2.45, 2.75) is 20.0 Å². The minimum absolute atomic E-state index is 0.153. The van der Waals surface area contributed by atoms with Crippen LogP contribution in [0.2, 0.25) is 0 Å². The topological polar surface area (TPSA) is 12.4 Å². The summed E-state index contributed by atoms with van der Waals surface area (Å²) >= 11 is 0. The molecule has 0 saturated carbocycles. The van der Waals surface area contributed by atoms with Gasteiger partial charge in [-0.2, -0.15) is 13.2 Å². The van der Waals surface area contributed by atoms with Gasteiger partial charge in [0, 0.05) is 7.05 Å². The Hall–Kier alpha value is -0.800. The lowest BCUT2D eigenvalue weighted by atomic mass is 10.1. The molecule has 0 amide bonds. The molecule has 0 aliphatic carbocycles. The third-order valence-corrected chi connectivity index (χ3v) is 1.30. The van der Waals surface area contributed by atoms with Gasteiger partial charge in [-0.1, -0.05) is 6.08 Å². The summed E-state index contributed by atoms with van der Waals surface area (Å²) in [5.41, 5.74) is -0.653. The summed E-state index contributed by atoms with van der Waals surface area (Å²) in [6, 6.07) is 0. The molecule has 0 aliphatic rings. The van der Waals surface area contributed by atoms with E-state index in [9.17, 15) is 13.2 Å². The number of aliphatic imine (C=N–C) groups is 1. The van der Waals surface area contributed by atoms with Crippen LogP contribution in [0, 0.1) is 0 Å². The lowest BCUT2D eigenvalue weighted by molar-refractivity contribution is -0.0583. The molecule has 0 aromatic rings. The van der Waals surface area contributed by atoms with Crippen LogP contribution in [0.3, 0.4) is 0 Å². The van der Waals surface area contributed by atoms with Crippen LogP contribution in [0.4, 0.5) is 13.2 Å². The number of nitrogens with zero attached hydrogens (tertiary/aromatic N) is 1. The van der Waals surface area contributed by atoms with Crippen LogP contribution >= 0.6 is 0 Å². The van der Waals surface area contributed by atoms with Crippen LogP contribution in [0.15, 0.2) is 16.6 Å². The van der Waals surface area contributed by atoms with Gasteiger partial charge in [-0.3, -0.25) is 4.99 Å². The summed E-state index contributed by atoms with van der Waals surface area (Å²) in [5, 5.41) is 0. The van der Waals surface area contributed by atoms with Crippen LogP contribution < -0.4 is 0 Å². The second kappa shape index (κ2) is 3.55. The van der Waals surface area contributed by atoms with Gasteiger partial charge in [0.15, 0.2) is 0 Å². The van der Waals surface area contributed by atoms with Gasteiger partial charge < -0.3 is 0 Å². The minimum atomic E-state index is -4.33. The molecule has 0 heterocycles. The molecule has 0 aromatic heterocycles. The highest BCUT2D eigenvalue weighted by Crippen LogP contribution is 2.21. The zero-order valence-corrected chi connectivity index (χ0v) is 6.66. The summed E-state index contributed by atoms with van der Waals surface area (Å²) in [7, 11) is 1.13. The molecular formula is C7H10F3N. The van der Waals surface area contributed by atoms with E-state index in [1.807, 2.05) is 0 Å². The molecular weight excluding hydrogens is 155 g/mol. The van der Waals surface area contributed by atoms with E-state index in [4.69, 9.17) is 0 Å². The number of allylic oxidation sites excluding steroid dienone is 2. The predicted octanol–water partition coefficient (Wildman–Crippen LogP) is 2.59. The Morgan fingerprint density at radius 2 is 1.82 bits per heavy atom. The molecule has 4 heteroatoms. The van der Waals surface area contributed by atoms with Crippen molar-refractivity contribution in [3.05, 3.63) is 11.6 Å². The summed E-state index contributed by atoms with van der Waals surface area (Å²) < 4.78 is 36.0. The molecule has 0 N–H and O–H groups in total. The van der Waals surface area contributed by atoms with Crippen LogP contribution in [0.5, 0.6) is 0 Å². The molecule has 11 heavy (non-hydrogen) atoms. The zero-order chi connectivity index (χ0) is 9.07. The van der Waals surface area contributed by atoms with E-state index >= 15 is 0 Å². The van der Waals surface area contributed by atoms with Crippen molar-refractivity contribution in [2.24, 2.45) is 4.99 Å². The molecule has 0 fully saturated rings. The molecule has 0 aliphatic heterocycles. The zero-order valence-electron chi connectivity index (χ0n) is 6.66. The molecule has 0 saturated heterocycles. The van der Waals surface area contributed by atoms with Crippen molar-refractivity contribution in [3.8, 4) is 0 Å². The van der Waals surface area contributed by atoms with Gasteiger partial charge in [0.25, 0.3) is 0 Å². The average molecular weight is 165 g/mol. The van der Waals surface area contributed by atoms with Gasteiger partial charge in [-0.25, -0.2) is 0 Å². The van der Waals surface area contributed by atoms with Gasteiger partial charge in [0.1, 0.15) is 5.71 Å². The monoisotopic (exact) mass is 165 g/mol. The van der Waals surface area contributed by atoms with Gasteiger partial charge in [0.05, 0.1) is 0 Å². The number of halogens is 3. The molecule has 0 unspecified atom stereocenters. The molecule has 1 nitrogen and oxygen atoms in total. The Labute approximate surface area is 63.6 Å². The van der Waals surface area contributed by atoms with Gasteiger partial charge in [0.2, 0.25) is 0 Å². The number of hydrogen-bond donors (Lipinski definition) is 0. The lowest BCUT2D eigenvalue weighted by Gasteiger charge is -2.08. The summed E-state index contributed by atoms with van der Waals surface area (Å²) in [6.07, 6.45) is -2.94. The fourth-order valence-corrected chi connectivity index (χ4v) is 0.663. The van der Waals surface area contributed by atoms with Crippen molar-refractivity contribution in [3.63, 3.8) is 0 Å². The third kappa shape index (κ3) is 2.74. The van der Waals surface area contributed by atoms with Crippen LogP contribution in [0.1, 0.15) is 13.8 Å². The fraction of sp³-hybridized carbons (Fsp3) is 0.571. The minimum Gasteiger partial charge on any atom is -0.284 e. The Bertz CT molecular complexity index is 188. The van der Waals surface area contributed by atoms with E-state index in [0.29, 0.717) is 0 Å². The van der Waals surface area contributed by atoms with E-state index in [-0.39, 0.29) is 5.57 Å². The van der Waals surface area contributed by atoms with Crippen molar-refractivity contribution in [1.29, 1.82) is 0 Å². The van der Waals surface area contributed by atoms with Crippen LogP contribution in [-0.2, 0) is 0 Å². The maximum Gasteiger partial charge on any atom is 0.433 e. The normalized spacial score (nSPS) is 15.5. The first kappa shape index (κ1) is 10.2. The molecule has 0 aromatic carbocycles. The first-order chi connectivity index (χ1) is 4.93. The van der Waals surface area contributed by atoms with Crippen LogP contribution in [-0.4, -0.2) is 18.9 Å². The van der Waals surface area contributed by atoms with Gasteiger partial charge in [-0.15, -0.1) is 0 Å². The smallest absolute Gasteiger partial charge is 0.284 e. The van der Waals surface area contributed by atoms with E-state index in [1.54, 1.807) is 6.92 Å². The number of rotatable bonds is 1. The number of alkyl halides is 3. The second-order valence-electron chi connectivity index (χ2n) is 2.04. The highest BCUT2D eigenvalue weighted by molar-refractivity contribution is 6.03. The first-order valence-electron chi connectivity index (χ1n) is 3.10. The van der Waals surface area contributed by atoms with Crippen molar-refractivity contribution in [2.75, 3.05) is 7.05 Å². The van der Waals surface area contributed by atoms with Crippen molar-refractivity contribution >= 4 is 5.71 Å². The quantitative estimate of drug-likeness (QED) is 0.529. The first-order valence-corrected chi connectivity index (χ1v) is 3.10. The molecule has 64 valence electrons. The Morgan fingerprint density at radius 1 is 1.36 bits per heavy atom. The van der Waals surface area contributed by atoms with Crippen LogP contribution in [0.25, 0.3) is 0 Å². The summed E-state index contributed by atoms with van der Waals surface area (Å²) in [6.45, 7) is 2.93. The van der Waals surface area contributed by atoms with Gasteiger partial charge in [-0.05, 0) is 19.4 Å². The predicted molar refractivity (Wildman–Crippen MR) is 38.8 cm³/mol. The standard InChI is InChI=1S/C7H10F3N/c1-4-5(2)6(11-3)7(8,9)10/h4H,1-3H3/b5-4-,11-6?. The van der Waals surface area contributed by atoms with Crippen molar-refractivity contribution in [1.82, 2.24) is 0 Å². The molecule has 0 rings (SSSR count). The van der Waals surface area contributed by atoms with Crippen molar-refractivity contribution < 1.29 is 13.2 Å². The Kier molecular flexibility index (Phi) is 3.29. The fourth-order valence-electron chi connectivity index (χ4n) is 0.663. The van der Waals surface area contributed by atoms with E-state index < -0.39 is 11.9 Å². The highest BCUT2D eigenvalue weighted by Gasteiger charge is 2.35. The second-order valence-corrected chi connectivity index (χ2v) is 2.04. The van der Waals surface area contributed by atoms with E-state index in [1.165, 1.54) is 13.0 Å². The highest BCUT2D eigenvalue weighted by atomic mass is 19.4. The summed E-state index contributed by atoms with van der Waals surface area (Å²) in [4.78, 5) is 3.15. The lowest BCUT2D eigenvalue weighted by Crippen LogP contribution is -2.23. The maximum absolute atomic E-state index is 12.0. The number of hydrogen-bond acceptors (Lipinski definition) is 1. The van der Waals surface area contributed by atoms with Gasteiger partial charge >= 0.3 is 6.18 Å². The molecule has 0 bridgehead atoms. The Morgan fingerprint density at radius 3 is 1.91 bits per heavy atom. The average Bonchev–Trinajstić information content (AvgIpc) is 1.86. The maximum atomic E-state index is 12.0. The van der Waals surface area contributed by atoms with E-state index in [2.05, 4.69) is 4.99 Å². The molecule has 0 atom stereocenters. The SMILES string of the molecule is C/C=C(/C)C(=NC)C(F)(F)F. The largest absolute Gasteiger partial charge is 0.433 e. The third-order valence-electron chi connectivity index (χ3n) is 1.30. The Balaban J connectivity index is 4.73.